The standard InChI is InChI=1S/2C23H24Cl2N4O2/c2*1-15-21(23(30)27-28-12-4-3-5-13-28)26-29(20-11-8-17(24)14-19(20)25)22(15)16-6-9-18(31-2)10-7-16/h2*6-11,14H,3-5,12-13H2,1-2H3,(H,27,30). The van der Waals surface area contributed by atoms with Crippen molar-refractivity contribution in [2.75, 3.05) is 40.4 Å². The second-order valence-electron chi connectivity index (χ2n) is 15.1. The molecule has 2 amide bonds. The minimum atomic E-state index is -0.224. The molecule has 2 fully saturated rings. The quantitative estimate of drug-likeness (QED) is 0.139. The van der Waals surface area contributed by atoms with Crippen LogP contribution in [0.25, 0.3) is 33.9 Å². The molecule has 0 spiro atoms. The number of ether oxygens (including phenoxy) is 2. The van der Waals surface area contributed by atoms with Crippen molar-refractivity contribution in [2.24, 2.45) is 0 Å². The Balaban J connectivity index is 0.000000186. The van der Waals surface area contributed by atoms with E-state index >= 15 is 0 Å². The van der Waals surface area contributed by atoms with E-state index in [4.69, 9.17) is 55.9 Å². The molecule has 16 heteroatoms. The summed E-state index contributed by atoms with van der Waals surface area (Å²) < 4.78 is 14.0. The number of rotatable bonds is 10. The number of benzene rings is 4. The number of piperidine rings is 2. The summed E-state index contributed by atoms with van der Waals surface area (Å²) in [6.45, 7) is 7.19. The van der Waals surface area contributed by atoms with Crippen molar-refractivity contribution in [3.8, 4) is 45.4 Å². The molecular weight excluding hydrogens is 870 g/mol. The highest BCUT2D eigenvalue weighted by Gasteiger charge is 2.27. The molecule has 62 heavy (non-hydrogen) atoms. The predicted octanol–water partition coefficient (Wildman–Crippen LogP) is 10.6. The van der Waals surface area contributed by atoms with E-state index in [2.05, 4.69) is 21.0 Å². The first-order valence-corrected chi connectivity index (χ1v) is 22.0. The van der Waals surface area contributed by atoms with Gasteiger partial charge < -0.3 is 9.47 Å². The van der Waals surface area contributed by atoms with Crippen LogP contribution >= 0.6 is 46.4 Å². The van der Waals surface area contributed by atoms with Gasteiger partial charge in [0.05, 0.1) is 47.0 Å². The van der Waals surface area contributed by atoms with Crippen LogP contribution in [-0.4, -0.2) is 81.8 Å². The Morgan fingerprint density at radius 2 is 0.887 bits per heavy atom. The second kappa shape index (κ2) is 20.4. The van der Waals surface area contributed by atoms with E-state index in [-0.39, 0.29) is 11.8 Å². The Bertz CT molecular complexity index is 2350. The molecule has 6 aromatic rings. The van der Waals surface area contributed by atoms with Crippen molar-refractivity contribution < 1.29 is 19.1 Å². The van der Waals surface area contributed by atoms with Crippen LogP contribution in [0.2, 0.25) is 20.1 Å². The normalized spacial score (nSPS) is 14.5. The monoisotopic (exact) mass is 916 g/mol. The number of hydrogen-bond acceptors (Lipinski definition) is 8. The zero-order chi connectivity index (χ0) is 43.9. The van der Waals surface area contributed by atoms with Crippen LogP contribution in [-0.2, 0) is 0 Å². The largest absolute Gasteiger partial charge is 0.497 e. The van der Waals surface area contributed by atoms with Crippen LogP contribution in [0.1, 0.15) is 70.6 Å². The molecular formula is C46H48Cl4N8O4. The molecule has 8 rings (SSSR count). The molecule has 4 aromatic carbocycles. The lowest BCUT2D eigenvalue weighted by Gasteiger charge is -2.26. The molecule has 324 valence electrons. The molecule has 4 heterocycles. The van der Waals surface area contributed by atoms with Crippen LogP contribution < -0.4 is 20.3 Å². The number of amides is 2. The third-order valence-corrected chi connectivity index (χ3v) is 12.0. The molecule has 0 bridgehead atoms. The summed E-state index contributed by atoms with van der Waals surface area (Å²) in [4.78, 5) is 26.2. The number of carbonyl (C=O) groups is 2. The van der Waals surface area contributed by atoms with E-state index in [1.54, 1.807) is 60.0 Å². The lowest BCUT2D eigenvalue weighted by atomic mass is 10.1. The third kappa shape index (κ3) is 10.2. The van der Waals surface area contributed by atoms with Crippen molar-refractivity contribution >= 4 is 58.2 Å². The van der Waals surface area contributed by atoms with Gasteiger partial charge in [-0.15, -0.1) is 0 Å². The van der Waals surface area contributed by atoms with Crippen LogP contribution in [0.4, 0.5) is 0 Å². The maximum Gasteiger partial charge on any atom is 0.286 e. The number of nitrogens with one attached hydrogen (secondary N) is 2. The number of nitrogens with zero attached hydrogens (tertiary/aromatic N) is 6. The van der Waals surface area contributed by atoms with E-state index in [9.17, 15) is 9.59 Å². The van der Waals surface area contributed by atoms with Gasteiger partial charge in [-0.25, -0.2) is 19.4 Å². The first kappa shape index (κ1) is 45.0. The van der Waals surface area contributed by atoms with Crippen molar-refractivity contribution in [3.63, 3.8) is 0 Å². The lowest BCUT2D eigenvalue weighted by Crippen LogP contribution is -2.45. The summed E-state index contributed by atoms with van der Waals surface area (Å²) in [6.07, 6.45) is 6.68. The Labute approximate surface area is 381 Å². The molecule has 0 aliphatic carbocycles. The molecule has 0 atom stereocenters. The van der Waals surface area contributed by atoms with Gasteiger partial charge in [0.25, 0.3) is 11.8 Å². The van der Waals surface area contributed by atoms with Gasteiger partial charge in [0.2, 0.25) is 0 Å². The molecule has 0 unspecified atom stereocenters. The van der Waals surface area contributed by atoms with E-state index < -0.39 is 0 Å². The average Bonchev–Trinajstić information content (AvgIpc) is 3.80. The fourth-order valence-corrected chi connectivity index (χ4v) is 8.64. The number of methoxy groups -OCH3 is 2. The molecule has 12 nitrogen and oxygen atoms in total. The summed E-state index contributed by atoms with van der Waals surface area (Å²) in [5.74, 6) is 1.05. The number of hydrazine groups is 2. The van der Waals surface area contributed by atoms with Crippen LogP contribution in [0.5, 0.6) is 11.5 Å². The van der Waals surface area contributed by atoms with Crippen LogP contribution in [0.15, 0.2) is 84.9 Å². The summed E-state index contributed by atoms with van der Waals surface area (Å²) in [6, 6.07) is 25.7. The summed E-state index contributed by atoms with van der Waals surface area (Å²) >= 11 is 25.2. The van der Waals surface area contributed by atoms with Gasteiger partial charge in [0.1, 0.15) is 11.5 Å². The summed E-state index contributed by atoms with van der Waals surface area (Å²) in [7, 11) is 3.25. The Hall–Kier alpha value is -5.08. The SMILES string of the molecule is COc1ccc(-c2c(C)c(C(=O)NN3CCCCC3)nn2-c2ccc(Cl)cc2Cl)cc1.COc1ccc(-c2c(C)c(C(=O)NN3CCCCC3)nn2-c2ccc(Cl)cc2Cl)cc1. The van der Waals surface area contributed by atoms with E-state index in [0.717, 1.165) is 97.0 Å². The third-order valence-electron chi connectivity index (χ3n) is 10.9. The summed E-state index contributed by atoms with van der Waals surface area (Å²) in [5, 5.41) is 15.2. The molecule has 2 aliphatic rings. The highest BCUT2D eigenvalue weighted by Crippen LogP contribution is 2.35. The molecule has 2 aromatic heterocycles. The first-order chi connectivity index (χ1) is 29.9. The maximum absolute atomic E-state index is 13.1. The maximum atomic E-state index is 13.1. The predicted molar refractivity (Wildman–Crippen MR) is 246 cm³/mol. The van der Waals surface area contributed by atoms with E-state index in [1.807, 2.05) is 72.4 Å². The molecule has 2 saturated heterocycles. The summed E-state index contributed by atoms with van der Waals surface area (Å²) in [5.41, 5.74) is 12.9. The Kier molecular flexibility index (Phi) is 14.8. The highest BCUT2D eigenvalue weighted by molar-refractivity contribution is 6.36. The molecule has 0 saturated carbocycles. The zero-order valence-electron chi connectivity index (χ0n) is 35.0. The number of aromatic nitrogens is 4. The first-order valence-electron chi connectivity index (χ1n) is 20.5. The van der Waals surface area contributed by atoms with Gasteiger partial charge in [-0.2, -0.15) is 10.2 Å². The van der Waals surface area contributed by atoms with E-state index in [0.29, 0.717) is 42.9 Å². The zero-order valence-corrected chi connectivity index (χ0v) is 38.0. The van der Waals surface area contributed by atoms with Gasteiger partial charge in [0, 0.05) is 58.5 Å². The second-order valence-corrected chi connectivity index (χ2v) is 16.8. The average molecular weight is 919 g/mol. The van der Waals surface area contributed by atoms with Crippen molar-refractivity contribution in [2.45, 2.75) is 52.4 Å². The van der Waals surface area contributed by atoms with Gasteiger partial charge in [-0.3, -0.25) is 20.4 Å². The number of carbonyl (C=O) groups excluding carboxylic acids is 2. The number of halogens is 4. The van der Waals surface area contributed by atoms with E-state index in [1.165, 1.54) is 12.8 Å². The topological polar surface area (TPSA) is 119 Å². The fraction of sp³-hybridized carbons (Fsp3) is 0.304. The number of hydrogen-bond donors (Lipinski definition) is 2. The van der Waals surface area contributed by atoms with Crippen LogP contribution in [0, 0.1) is 13.8 Å². The minimum Gasteiger partial charge on any atom is -0.497 e. The van der Waals surface area contributed by atoms with Gasteiger partial charge in [-0.05, 0) is 124 Å². The fourth-order valence-electron chi connectivity index (χ4n) is 7.66. The van der Waals surface area contributed by atoms with Crippen LogP contribution in [0.3, 0.4) is 0 Å². The molecule has 2 N–H and O–H groups in total. The lowest BCUT2D eigenvalue weighted by molar-refractivity contribution is 0.0736. The minimum absolute atomic E-state index is 0.224. The van der Waals surface area contributed by atoms with Crippen molar-refractivity contribution in [1.82, 2.24) is 40.4 Å². The Morgan fingerprint density at radius 1 is 0.532 bits per heavy atom. The smallest absolute Gasteiger partial charge is 0.286 e. The molecule has 0 radical (unpaired) electrons. The van der Waals surface area contributed by atoms with Crippen molar-refractivity contribution in [1.29, 1.82) is 0 Å². The Morgan fingerprint density at radius 3 is 1.21 bits per heavy atom. The van der Waals surface area contributed by atoms with Gasteiger partial charge >= 0.3 is 0 Å². The van der Waals surface area contributed by atoms with Gasteiger partial charge in [0.15, 0.2) is 11.4 Å². The molecule has 2 aliphatic heterocycles. The highest BCUT2D eigenvalue weighted by atomic mass is 35.5. The van der Waals surface area contributed by atoms with Crippen molar-refractivity contribution in [3.05, 3.63) is 128 Å². The van der Waals surface area contributed by atoms with Gasteiger partial charge in [-0.1, -0.05) is 59.2 Å².